The SMILES string of the molecule is Cc1ccc(-c2cc(C(F)(F)F)c(C(=O)O)c(OCCC(C)C)n2)cc1F. The van der Waals surface area contributed by atoms with Gasteiger partial charge in [-0.2, -0.15) is 13.2 Å². The quantitative estimate of drug-likeness (QED) is 0.682. The second-order valence-electron chi connectivity index (χ2n) is 6.53. The average molecular weight is 385 g/mol. The topological polar surface area (TPSA) is 59.4 Å². The molecule has 0 aliphatic carbocycles. The van der Waals surface area contributed by atoms with Gasteiger partial charge in [0.15, 0.2) is 0 Å². The monoisotopic (exact) mass is 385 g/mol. The molecule has 0 spiro atoms. The number of halogens is 4. The zero-order valence-corrected chi connectivity index (χ0v) is 15.0. The second kappa shape index (κ2) is 7.94. The van der Waals surface area contributed by atoms with Crippen molar-refractivity contribution in [2.45, 2.75) is 33.4 Å². The van der Waals surface area contributed by atoms with Gasteiger partial charge in [-0.05, 0) is 37.0 Å². The van der Waals surface area contributed by atoms with Gasteiger partial charge in [0.1, 0.15) is 11.4 Å². The minimum Gasteiger partial charge on any atom is -0.477 e. The molecule has 0 fully saturated rings. The summed E-state index contributed by atoms with van der Waals surface area (Å²) in [6.45, 7) is 5.30. The number of rotatable bonds is 6. The Hall–Kier alpha value is -2.64. The molecule has 4 nitrogen and oxygen atoms in total. The number of carboxylic acid groups (broad SMARTS) is 1. The van der Waals surface area contributed by atoms with E-state index in [0.29, 0.717) is 18.1 Å². The summed E-state index contributed by atoms with van der Waals surface area (Å²) in [5.74, 6) is -2.83. The van der Waals surface area contributed by atoms with E-state index in [-0.39, 0.29) is 23.8 Å². The number of pyridine rings is 1. The van der Waals surface area contributed by atoms with Crippen LogP contribution in [0.15, 0.2) is 24.3 Å². The van der Waals surface area contributed by atoms with E-state index in [1.54, 1.807) is 0 Å². The maximum absolute atomic E-state index is 13.8. The molecule has 0 amide bonds. The lowest BCUT2D eigenvalue weighted by atomic mass is 10.0. The van der Waals surface area contributed by atoms with Crippen LogP contribution in [0.25, 0.3) is 11.3 Å². The zero-order valence-electron chi connectivity index (χ0n) is 15.0. The Kier molecular flexibility index (Phi) is 6.08. The van der Waals surface area contributed by atoms with Crippen LogP contribution in [0.2, 0.25) is 0 Å². The van der Waals surface area contributed by atoms with Crippen LogP contribution < -0.4 is 4.74 Å². The number of aromatic nitrogens is 1. The number of hydrogen-bond acceptors (Lipinski definition) is 3. The minimum absolute atomic E-state index is 0.00789. The van der Waals surface area contributed by atoms with Gasteiger partial charge in [-0.3, -0.25) is 0 Å². The molecule has 146 valence electrons. The summed E-state index contributed by atoms with van der Waals surface area (Å²) >= 11 is 0. The molecule has 2 rings (SSSR count). The largest absolute Gasteiger partial charge is 0.477 e. The van der Waals surface area contributed by atoms with Crippen LogP contribution in [0.3, 0.4) is 0 Å². The van der Waals surface area contributed by atoms with Crippen LogP contribution in [0.4, 0.5) is 17.6 Å². The van der Waals surface area contributed by atoms with Crippen molar-refractivity contribution in [1.82, 2.24) is 4.98 Å². The van der Waals surface area contributed by atoms with Gasteiger partial charge in [0.05, 0.1) is 17.9 Å². The molecule has 0 atom stereocenters. The lowest BCUT2D eigenvalue weighted by molar-refractivity contribution is -0.138. The Morgan fingerprint density at radius 2 is 1.93 bits per heavy atom. The Morgan fingerprint density at radius 1 is 1.26 bits per heavy atom. The van der Waals surface area contributed by atoms with Gasteiger partial charge in [-0.1, -0.05) is 26.0 Å². The molecule has 1 aromatic heterocycles. The highest BCUT2D eigenvalue weighted by molar-refractivity contribution is 5.93. The summed E-state index contributed by atoms with van der Waals surface area (Å²) in [6, 6.07) is 4.47. The Balaban J connectivity index is 2.64. The fourth-order valence-corrected chi connectivity index (χ4v) is 2.35. The average Bonchev–Trinajstić information content (AvgIpc) is 2.55. The predicted octanol–water partition coefficient (Wildman–Crippen LogP) is 5.34. The van der Waals surface area contributed by atoms with Crippen LogP contribution in [0.5, 0.6) is 5.88 Å². The van der Waals surface area contributed by atoms with Crippen molar-refractivity contribution in [3.05, 3.63) is 46.8 Å². The Morgan fingerprint density at radius 3 is 2.44 bits per heavy atom. The molecule has 1 aromatic carbocycles. The van der Waals surface area contributed by atoms with Crippen molar-refractivity contribution >= 4 is 5.97 Å². The highest BCUT2D eigenvalue weighted by Crippen LogP contribution is 2.38. The highest BCUT2D eigenvalue weighted by Gasteiger charge is 2.38. The van der Waals surface area contributed by atoms with Crippen molar-refractivity contribution in [1.29, 1.82) is 0 Å². The van der Waals surface area contributed by atoms with E-state index in [1.807, 2.05) is 13.8 Å². The fraction of sp³-hybridized carbons (Fsp3) is 0.368. The predicted molar refractivity (Wildman–Crippen MR) is 91.3 cm³/mol. The van der Waals surface area contributed by atoms with Gasteiger partial charge in [0.2, 0.25) is 5.88 Å². The number of nitrogens with zero attached hydrogens (tertiary/aromatic N) is 1. The Labute approximate surface area is 153 Å². The van der Waals surface area contributed by atoms with Gasteiger partial charge >= 0.3 is 12.1 Å². The molecule has 2 aromatic rings. The molecule has 0 aliphatic rings. The summed E-state index contributed by atoms with van der Waals surface area (Å²) in [7, 11) is 0. The number of carbonyl (C=O) groups is 1. The number of benzene rings is 1. The maximum Gasteiger partial charge on any atom is 0.417 e. The van der Waals surface area contributed by atoms with Gasteiger partial charge < -0.3 is 9.84 Å². The van der Waals surface area contributed by atoms with Crippen molar-refractivity contribution in [3.8, 4) is 17.1 Å². The van der Waals surface area contributed by atoms with Crippen LogP contribution in [-0.2, 0) is 6.18 Å². The normalized spacial score (nSPS) is 11.7. The summed E-state index contributed by atoms with van der Waals surface area (Å²) in [4.78, 5) is 15.4. The van der Waals surface area contributed by atoms with Crippen molar-refractivity contribution < 1.29 is 32.2 Å². The molecule has 1 N–H and O–H groups in total. The van der Waals surface area contributed by atoms with Gasteiger partial charge in [0, 0.05) is 5.56 Å². The Bertz CT molecular complexity index is 848. The van der Waals surface area contributed by atoms with Gasteiger partial charge in [-0.25, -0.2) is 14.2 Å². The summed E-state index contributed by atoms with van der Waals surface area (Å²) in [6.07, 6.45) is -4.43. The fourth-order valence-electron chi connectivity index (χ4n) is 2.35. The molecule has 0 unspecified atom stereocenters. The molecule has 0 radical (unpaired) electrons. The third-order valence-electron chi connectivity index (χ3n) is 3.91. The number of ether oxygens (including phenoxy) is 1. The summed E-state index contributed by atoms with van der Waals surface area (Å²) in [5, 5.41) is 9.28. The molecule has 8 heteroatoms. The molecule has 0 saturated carbocycles. The zero-order chi connectivity index (χ0) is 20.4. The van der Waals surface area contributed by atoms with Crippen LogP contribution in [0, 0.1) is 18.7 Å². The maximum atomic E-state index is 13.8. The lowest BCUT2D eigenvalue weighted by Gasteiger charge is -2.17. The number of aryl methyl sites for hydroxylation is 1. The summed E-state index contributed by atoms with van der Waals surface area (Å²) < 4.78 is 59.5. The molecule has 27 heavy (non-hydrogen) atoms. The third kappa shape index (κ3) is 4.96. The minimum atomic E-state index is -4.94. The second-order valence-corrected chi connectivity index (χ2v) is 6.53. The van der Waals surface area contributed by atoms with Crippen molar-refractivity contribution in [2.24, 2.45) is 5.92 Å². The van der Waals surface area contributed by atoms with Crippen LogP contribution in [0.1, 0.15) is 41.8 Å². The molecular formula is C19H19F4NO3. The lowest BCUT2D eigenvalue weighted by Crippen LogP contribution is -2.17. The molecule has 0 aliphatic heterocycles. The van der Waals surface area contributed by atoms with Crippen LogP contribution >= 0.6 is 0 Å². The van der Waals surface area contributed by atoms with E-state index in [9.17, 15) is 27.5 Å². The number of alkyl halides is 3. The van der Waals surface area contributed by atoms with E-state index < -0.39 is 35.0 Å². The van der Waals surface area contributed by atoms with Gasteiger partial charge in [-0.15, -0.1) is 0 Å². The molecule has 0 bridgehead atoms. The van der Waals surface area contributed by atoms with Gasteiger partial charge in [0.25, 0.3) is 0 Å². The summed E-state index contributed by atoms with van der Waals surface area (Å²) in [5.41, 5.74) is -2.24. The third-order valence-corrected chi connectivity index (χ3v) is 3.91. The van der Waals surface area contributed by atoms with Crippen molar-refractivity contribution in [3.63, 3.8) is 0 Å². The highest BCUT2D eigenvalue weighted by atomic mass is 19.4. The first kappa shape index (κ1) is 20.7. The van der Waals surface area contributed by atoms with E-state index in [4.69, 9.17) is 4.74 Å². The van der Waals surface area contributed by atoms with Crippen LogP contribution in [-0.4, -0.2) is 22.7 Å². The van der Waals surface area contributed by atoms with E-state index in [0.717, 1.165) is 6.07 Å². The number of hydrogen-bond donors (Lipinski definition) is 1. The van der Waals surface area contributed by atoms with E-state index in [1.165, 1.54) is 19.1 Å². The molecular weight excluding hydrogens is 366 g/mol. The smallest absolute Gasteiger partial charge is 0.417 e. The number of aromatic carboxylic acids is 1. The molecule has 1 heterocycles. The number of carboxylic acids is 1. The van der Waals surface area contributed by atoms with E-state index >= 15 is 0 Å². The first-order valence-electron chi connectivity index (χ1n) is 8.25. The molecule has 0 saturated heterocycles. The first-order chi connectivity index (χ1) is 12.5. The van der Waals surface area contributed by atoms with E-state index in [2.05, 4.69) is 4.98 Å². The standard InChI is InChI=1S/C19H19F4NO3/c1-10(2)6-7-27-17-16(18(25)26)13(19(21,22)23)9-15(24-17)12-5-4-11(3)14(20)8-12/h4-5,8-10H,6-7H2,1-3H3,(H,25,26). The first-order valence-corrected chi connectivity index (χ1v) is 8.25. The van der Waals surface area contributed by atoms with Crippen molar-refractivity contribution in [2.75, 3.05) is 6.61 Å².